The molecule has 0 unspecified atom stereocenters. The minimum Gasteiger partial charge on any atom is -0.320 e. The minimum absolute atomic E-state index is 0. The monoisotopic (exact) mass is 377 g/mol. The number of aryl methyl sites for hydroxylation is 1. The summed E-state index contributed by atoms with van der Waals surface area (Å²) in [6, 6.07) is 4.36. The summed E-state index contributed by atoms with van der Waals surface area (Å²) in [6.45, 7) is 3.35. The summed E-state index contributed by atoms with van der Waals surface area (Å²) in [6.07, 6.45) is 2.61. The number of benzene rings is 1. The normalized spacial score (nSPS) is 16.6. The zero-order valence-corrected chi connectivity index (χ0v) is 15.5. The second-order valence-electron chi connectivity index (χ2n) is 5.92. The number of hydrogen-bond donors (Lipinski definition) is 1. The second-order valence-corrected chi connectivity index (χ2v) is 7.79. The van der Waals surface area contributed by atoms with Gasteiger partial charge in [-0.15, -0.1) is 12.4 Å². The third kappa shape index (κ3) is 4.44. The summed E-state index contributed by atoms with van der Waals surface area (Å²) in [4.78, 5) is 10.4. The Hall–Kier alpha value is -1.22. The number of sulfonamides is 1. The average molecular weight is 378 g/mol. The van der Waals surface area contributed by atoms with Gasteiger partial charge in [0.25, 0.3) is 5.69 Å². The molecule has 0 aromatic heterocycles. The Bertz CT molecular complexity index is 673. The van der Waals surface area contributed by atoms with Gasteiger partial charge in [0, 0.05) is 19.2 Å². The van der Waals surface area contributed by atoms with Gasteiger partial charge in [0.2, 0.25) is 10.0 Å². The molecule has 1 aromatic carbocycles. The lowest BCUT2D eigenvalue weighted by molar-refractivity contribution is -0.387. The van der Waals surface area contributed by atoms with Crippen LogP contribution in [-0.4, -0.2) is 44.3 Å². The number of nitrogens with one attached hydrogen (secondary N) is 1. The molecule has 0 atom stereocenters. The lowest BCUT2D eigenvalue weighted by Crippen LogP contribution is -2.39. The Morgan fingerprint density at radius 3 is 2.50 bits per heavy atom. The first-order valence-electron chi connectivity index (χ1n) is 7.76. The molecule has 136 valence electrons. The highest BCUT2D eigenvalue weighted by Crippen LogP contribution is 2.32. The van der Waals surface area contributed by atoms with Crippen molar-refractivity contribution < 1.29 is 13.3 Å². The van der Waals surface area contributed by atoms with Crippen LogP contribution in [0.2, 0.25) is 0 Å². The number of halogens is 1. The highest BCUT2D eigenvalue weighted by molar-refractivity contribution is 7.89. The number of nitro benzene ring substituents is 1. The van der Waals surface area contributed by atoms with Crippen LogP contribution in [0.4, 0.5) is 5.69 Å². The third-order valence-electron chi connectivity index (χ3n) is 4.36. The zero-order valence-electron chi connectivity index (χ0n) is 13.9. The molecule has 7 nitrogen and oxygen atoms in total. The van der Waals surface area contributed by atoms with Gasteiger partial charge in [0.05, 0.1) is 4.92 Å². The molecule has 0 spiro atoms. The zero-order chi connectivity index (χ0) is 17.0. The molecule has 1 fully saturated rings. The van der Waals surface area contributed by atoms with Crippen LogP contribution in [0.1, 0.15) is 24.8 Å². The molecular weight excluding hydrogens is 354 g/mol. The van der Waals surface area contributed by atoms with Crippen molar-refractivity contribution in [1.29, 1.82) is 0 Å². The van der Waals surface area contributed by atoms with Crippen LogP contribution < -0.4 is 5.32 Å². The van der Waals surface area contributed by atoms with Gasteiger partial charge in [-0.1, -0.05) is 12.1 Å². The van der Waals surface area contributed by atoms with Crippen LogP contribution in [0.5, 0.6) is 0 Å². The molecule has 0 saturated carbocycles. The van der Waals surface area contributed by atoms with Crippen molar-refractivity contribution in [1.82, 2.24) is 9.62 Å². The Morgan fingerprint density at radius 2 is 1.96 bits per heavy atom. The number of nitro groups is 1. The van der Waals surface area contributed by atoms with Gasteiger partial charge in [-0.25, -0.2) is 8.42 Å². The van der Waals surface area contributed by atoms with E-state index >= 15 is 0 Å². The maximum absolute atomic E-state index is 12.9. The van der Waals surface area contributed by atoms with Crippen molar-refractivity contribution in [2.24, 2.45) is 5.92 Å². The molecule has 1 aliphatic heterocycles. The molecule has 0 bridgehead atoms. The van der Waals surface area contributed by atoms with Gasteiger partial charge in [-0.05, 0) is 51.3 Å². The highest BCUT2D eigenvalue weighted by Gasteiger charge is 2.35. The Morgan fingerprint density at radius 1 is 1.33 bits per heavy atom. The summed E-state index contributed by atoms with van der Waals surface area (Å²) in [5.74, 6) is 0.501. The van der Waals surface area contributed by atoms with Gasteiger partial charge in [-0.3, -0.25) is 10.1 Å². The number of hydrogen-bond acceptors (Lipinski definition) is 5. The van der Waals surface area contributed by atoms with E-state index in [0.29, 0.717) is 24.6 Å². The van der Waals surface area contributed by atoms with Crippen molar-refractivity contribution in [3.05, 3.63) is 33.9 Å². The molecular formula is C15H24ClN3O4S. The number of piperidine rings is 1. The topological polar surface area (TPSA) is 92.6 Å². The Balaban J connectivity index is 0.00000288. The van der Waals surface area contributed by atoms with Crippen molar-refractivity contribution in [2.45, 2.75) is 31.1 Å². The van der Waals surface area contributed by atoms with E-state index in [-0.39, 0.29) is 23.0 Å². The standard InChI is InChI=1S/C15H23N3O4S.ClH/c1-12-4-3-5-14(18(19)20)15(12)23(21,22)17-10-7-13(8-11-17)6-9-16-2;/h3-5,13,16H,6-11H2,1-2H3;1H. The largest absolute Gasteiger partial charge is 0.320 e. The van der Waals surface area contributed by atoms with Crippen molar-refractivity contribution in [2.75, 3.05) is 26.7 Å². The van der Waals surface area contributed by atoms with Crippen LogP contribution in [0.15, 0.2) is 23.1 Å². The van der Waals surface area contributed by atoms with Crippen LogP contribution >= 0.6 is 12.4 Å². The van der Waals surface area contributed by atoms with Gasteiger partial charge in [0.15, 0.2) is 4.90 Å². The average Bonchev–Trinajstić information content (AvgIpc) is 2.52. The van der Waals surface area contributed by atoms with Gasteiger partial charge in [0.1, 0.15) is 0 Å². The Labute approximate surface area is 149 Å². The maximum Gasteiger partial charge on any atom is 0.289 e. The van der Waals surface area contributed by atoms with Gasteiger partial charge in [-0.2, -0.15) is 4.31 Å². The third-order valence-corrected chi connectivity index (χ3v) is 6.45. The molecule has 24 heavy (non-hydrogen) atoms. The summed E-state index contributed by atoms with van der Waals surface area (Å²) in [7, 11) is -1.94. The quantitative estimate of drug-likeness (QED) is 0.606. The predicted molar refractivity (Wildman–Crippen MR) is 95.1 cm³/mol. The van der Waals surface area contributed by atoms with E-state index in [1.165, 1.54) is 16.4 Å². The van der Waals surface area contributed by atoms with E-state index in [2.05, 4.69) is 5.32 Å². The van der Waals surface area contributed by atoms with Crippen LogP contribution in [0.25, 0.3) is 0 Å². The molecule has 1 heterocycles. The van der Waals surface area contributed by atoms with E-state index in [1.807, 2.05) is 7.05 Å². The summed E-state index contributed by atoms with van der Waals surface area (Å²) >= 11 is 0. The second kappa shape index (κ2) is 8.75. The van der Waals surface area contributed by atoms with Gasteiger partial charge >= 0.3 is 0 Å². The molecule has 1 saturated heterocycles. The first kappa shape index (κ1) is 20.8. The Kier molecular flexibility index (Phi) is 7.59. The van der Waals surface area contributed by atoms with Crippen LogP contribution in [-0.2, 0) is 10.0 Å². The molecule has 9 heteroatoms. The lowest BCUT2D eigenvalue weighted by Gasteiger charge is -2.31. The fourth-order valence-corrected chi connectivity index (χ4v) is 4.86. The molecule has 0 aliphatic carbocycles. The van der Waals surface area contributed by atoms with Crippen molar-refractivity contribution in [3.63, 3.8) is 0 Å². The molecule has 1 aliphatic rings. The van der Waals surface area contributed by atoms with Crippen molar-refractivity contribution in [3.8, 4) is 0 Å². The minimum atomic E-state index is -3.84. The summed E-state index contributed by atoms with van der Waals surface area (Å²) < 4.78 is 27.1. The highest BCUT2D eigenvalue weighted by atomic mass is 35.5. The van der Waals surface area contributed by atoms with E-state index in [0.717, 1.165) is 25.8 Å². The first-order chi connectivity index (χ1) is 10.9. The number of rotatable bonds is 6. The lowest BCUT2D eigenvalue weighted by atomic mass is 9.95. The predicted octanol–water partition coefficient (Wildman–Crippen LogP) is 2.34. The maximum atomic E-state index is 12.9. The molecule has 1 aromatic rings. The first-order valence-corrected chi connectivity index (χ1v) is 9.20. The summed E-state index contributed by atoms with van der Waals surface area (Å²) in [5, 5.41) is 14.3. The molecule has 0 amide bonds. The van der Waals surface area contributed by atoms with E-state index in [9.17, 15) is 18.5 Å². The van der Waals surface area contributed by atoms with Gasteiger partial charge < -0.3 is 5.32 Å². The fraction of sp³-hybridized carbons (Fsp3) is 0.600. The van der Waals surface area contributed by atoms with Crippen LogP contribution in [0, 0.1) is 23.0 Å². The van der Waals surface area contributed by atoms with E-state index in [1.54, 1.807) is 13.0 Å². The summed E-state index contributed by atoms with van der Waals surface area (Å²) in [5.41, 5.74) is 0.0683. The van der Waals surface area contributed by atoms with E-state index < -0.39 is 14.9 Å². The molecule has 0 radical (unpaired) electrons. The van der Waals surface area contributed by atoms with Crippen LogP contribution in [0.3, 0.4) is 0 Å². The SMILES string of the molecule is CNCCC1CCN(S(=O)(=O)c2c(C)cccc2[N+](=O)[O-])CC1.Cl. The molecule has 2 rings (SSSR count). The van der Waals surface area contributed by atoms with Crippen molar-refractivity contribution >= 4 is 28.1 Å². The fourth-order valence-electron chi connectivity index (χ4n) is 3.03. The molecule has 1 N–H and O–H groups in total. The smallest absolute Gasteiger partial charge is 0.289 e. The number of nitrogens with zero attached hydrogens (tertiary/aromatic N) is 2. The van der Waals surface area contributed by atoms with E-state index in [4.69, 9.17) is 0 Å².